The number of hydrogen-bond acceptors (Lipinski definition) is 3. The fourth-order valence-electron chi connectivity index (χ4n) is 2.06. The number of nitrogens with two attached hydrogens (primary N) is 1. The first-order valence-corrected chi connectivity index (χ1v) is 5.64. The van der Waals surface area contributed by atoms with E-state index >= 15 is 0 Å². The average molecular weight is 262 g/mol. The number of halogens is 3. The van der Waals surface area contributed by atoms with Gasteiger partial charge in [-0.25, -0.2) is 4.68 Å². The van der Waals surface area contributed by atoms with E-state index in [2.05, 4.69) is 10.3 Å². The van der Waals surface area contributed by atoms with E-state index in [1.807, 2.05) is 0 Å². The van der Waals surface area contributed by atoms with Crippen molar-refractivity contribution in [3.63, 3.8) is 0 Å². The van der Waals surface area contributed by atoms with Crippen LogP contribution in [-0.4, -0.2) is 27.1 Å². The van der Waals surface area contributed by atoms with Crippen LogP contribution in [0.1, 0.15) is 36.6 Å². The van der Waals surface area contributed by atoms with Crippen molar-refractivity contribution in [2.45, 2.75) is 44.3 Å². The topological polar surface area (TPSA) is 73.8 Å². The van der Waals surface area contributed by atoms with Crippen LogP contribution in [0.3, 0.4) is 0 Å². The molecule has 0 aromatic carbocycles. The van der Waals surface area contributed by atoms with Crippen LogP contribution >= 0.6 is 0 Å². The second-order valence-electron chi connectivity index (χ2n) is 4.47. The molecule has 1 aliphatic carbocycles. The quantitative estimate of drug-likeness (QED) is 0.884. The van der Waals surface area contributed by atoms with Gasteiger partial charge < -0.3 is 5.73 Å². The molecule has 0 radical (unpaired) electrons. The molecule has 0 saturated heterocycles. The lowest BCUT2D eigenvalue weighted by atomic mass is 9.81. The maximum atomic E-state index is 12.4. The van der Waals surface area contributed by atoms with Gasteiger partial charge in [0.25, 0.3) is 0 Å². The van der Waals surface area contributed by atoms with Gasteiger partial charge in [-0.15, -0.1) is 5.10 Å². The van der Waals surface area contributed by atoms with Gasteiger partial charge >= 0.3 is 6.18 Å². The molecule has 1 aliphatic rings. The van der Waals surface area contributed by atoms with E-state index in [1.165, 1.54) is 0 Å². The van der Waals surface area contributed by atoms with Crippen molar-refractivity contribution >= 4 is 5.91 Å². The summed E-state index contributed by atoms with van der Waals surface area (Å²) in [6, 6.07) is 0. The highest BCUT2D eigenvalue weighted by atomic mass is 19.4. The number of carbonyl (C=O) groups excluding carboxylic acids is 1. The van der Waals surface area contributed by atoms with E-state index in [9.17, 15) is 18.0 Å². The highest BCUT2D eigenvalue weighted by molar-refractivity contribution is 5.76. The molecule has 1 amide bonds. The lowest BCUT2D eigenvalue weighted by Crippen LogP contribution is -2.24. The third-order valence-electron chi connectivity index (χ3n) is 3.01. The third-order valence-corrected chi connectivity index (χ3v) is 3.01. The van der Waals surface area contributed by atoms with Crippen LogP contribution in [0.5, 0.6) is 0 Å². The number of nitrogens with zero attached hydrogens (tertiary/aromatic N) is 3. The average Bonchev–Trinajstić information content (AvgIpc) is 2.44. The molecular weight excluding hydrogens is 249 g/mol. The van der Waals surface area contributed by atoms with Crippen LogP contribution in [0.15, 0.2) is 0 Å². The molecule has 100 valence electrons. The van der Waals surface area contributed by atoms with Gasteiger partial charge in [-0.3, -0.25) is 4.79 Å². The van der Waals surface area contributed by atoms with Gasteiger partial charge in [-0.05, 0) is 12.8 Å². The summed E-state index contributed by atoms with van der Waals surface area (Å²) in [5.74, 6) is -0.605. The Morgan fingerprint density at radius 3 is 2.56 bits per heavy atom. The first-order chi connectivity index (χ1) is 8.37. The molecule has 1 fully saturated rings. The smallest absolute Gasteiger partial charge is 0.369 e. The van der Waals surface area contributed by atoms with Crippen LogP contribution in [0.4, 0.5) is 13.2 Å². The Labute approximate surface area is 101 Å². The molecule has 0 bridgehead atoms. The van der Waals surface area contributed by atoms with E-state index in [0.717, 1.165) is 23.9 Å². The fourth-order valence-corrected chi connectivity index (χ4v) is 2.06. The van der Waals surface area contributed by atoms with E-state index in [0.29, 0.717) is 5.69 Å². The summed E-state index contributed by atoms with van der Waals surface area (Å²) in [4.78, 5) is 10.9. The second kappa shape index (κ2) is 4.58. The zero-order chi connectivity index (χ0) is 13.3. The Hall–Kier alpha value is -1.60. The monoisotopic (exact) mass is 262 g/mol. The minimum atomic E-state index is -4.35. The number of primary amides is 1. The van der Waals surface area contributed by atoms with Gasteiger partial charge in [0.1, 0.15) is 6.54 Å². The minimum Gasteiger partial charge on any atom is -0.369 e. The molecule has 2 N–H and O–H groups in total. The lowest BCUT2D eigenvalue weighted by Gasteiger charge is -2.26. The summed E-state index contributed by atoms with van der Waals surface area (Å²) >= 11 is 0. The van der Waals surface area contributed by atoms with Crippen LogP contribution < -0.4 is 5.73 Å². The first kappa shape index (κ1) is 12.8. The highest BCUT2D eigenvalue weighted by Crippen LogP contribution is 2.38. The van der Waals surface area contributed by atoms with Crippen molar-refractivity contribution in [3.8, 4) is 0 Å². The molecule has 18 heavy (non-hydrogen) atoms. The number of amides is 1. The van der Waals surface area contributed by atoms with Crippen molar-refractivity contribution in [2.24, 2.45) is 5.73 Å². The Bertz CT molecular complexity index is 450. The molecule has 0 aliphatic heterocycles. The van der Waals surface area contributed by atoms with E-state index < -0.39 is 18.6 Å². The highest BCUT2D eigenvalue weighted by Gasteiger charge is 2.34. The third kappa shape index (κ3) is 2.80. The maximum absolute atomic E-state index is 12.4. The molecule has 8 heteroatoms. The molecule has 1 aromatic heterocycles. The number of hydrogen-bond donors (Lipinski definition) is 1. The number of carbonyl (C=O) groups is 1. The van der Waals surface area contributed by atoms with Crippen molar-refractivity contribution < 1.29 is 18.0 Å². The van der Waals surface area contributed by atoms with Gasteiger partial charge in [0.2, 0.25) is 5.91 Å². The summed E-state index contributed by atoms with van der Waals surface area (Å²) in [7, 11) is 0. The molecule has 1 saturated carbocycles. The van der Waals surface area contributed by atoms with E-state index in [-0.39, 0.29) is 18.0 Å². The summed E-state index contributed by atoms with van der Waals surface area (Å²) in [5, 5.41) is 7.15. The summed E-state index contributed by atoms with van der Waals surface area (Å²) in [6.07, 6.45) is -1.94. The Morgan fingerprint density at radius 2 is 2.11 bits per heavy atom. The number of aromatic nitrogens is 3. The number of rotatable bonds is 4. The summed E-state index contributed by atoms with van der Waals surface area (Å²) < 4.78 is 38.0. The predicted octanol–water partition coefficient (Wildman–Crippen LogP) is 1.14. The molecule has 0 spiro atoms. The zero-order valence-electron chi connectivity index (χ0n) is 9.57. The van der Waals surface area contributed by atoms with E-state index in [4.69, 9.17) is 5.73 Å². The van der Waals surface area contributed by atoms with Crippen molar-refractivity contribution in [2.75, 3.05) is 0 Å². The predicted molar refractivity (Wildman–Crippen MR) is 55.6 cm³/mol. The van der Waals surface area contributed by atoms with Crippen LogP contribution in [-0.2, 0) is 17.8 Å². The molecule has 1 heterocycles. The Morgan fingerprint density at radius 1 is 1.44 bits per heavy atom. The largest absolute Gasteiger partial charge is 0.408 e. The SMILES string of the molecule is NC(=O)Cc1nnn(CC(F)(F)F)c1C1CCC1. The van der Waals surface area contributed by atoms with Gasteiger partial charge in [-0.2, -0.15) is 13.2 Å². The fraction of sp³-hybridized carbons (Fsp3) is 0.700. The molecule has 0 atom stereocenters. The van der Waals surface area contributed by atoms with Crippen LogP contribution in [0.2, 0.25) is 0 Å². The van der Waals surface area contributed by atoms with Gasteiger partial charge in [0.05, 0.1) is 17.8 Å². The normalized spacial score (nSPS) is 16.6. The first-order valence-electron chi connectivity index (χ1n) is 5.64. The summed E-state index contributed by atoms with van der Waals surface area (Å²) in [6.45, 7) is -1.18. The minimum absolute atomic E-state index is 0.0108. The molecule has 5 nitrogen and oxygen atoms in total. The molecule has 0 unspecified atom stereocenters. The Kier molecular flexibility index (Phi) is 3.27. The van der Waals surface area contributed by atoms with E-state index in [1.54, 1.807) is 0 Å². The summed E-state index contributed by atoms with van der Waals surface area (Å²) in [5.41, 5.74) is 5.74. The van der Waals surface area contributed by atoms with Gasteiger partial charge in [0, 0.05) is 5.92 Å². The van der Waals surface area contributed by atoms with Crippen LogP contribution in [0, 0.1) is 0 Å². The lowest BCUT2D eigenvalue weighted by molar-refractivity contribution is -0.143. The molecule has 1 aromatic rings. The van der Waals surface area contributed by atoms with Crippen molar-refractivity contribution in [3.05, 3.63) is 11.4 Å². The van der Waals surface area contributed by atoms with Gasteiger partial charge in [-0.1, -0.05) is 11.6 Å². The maximum Gasteiger partial charge on any atom is 0.408 e. The second-order valence-corrected chi connectivity index (χ2v) is 4.47. The zero-order valence-corrected chi connectivity index (χ0v) is 9.57. The standard InChI is InChI=1S/C10H13F3N4O/c11-10(12,13)5-17-9(6-2-1-3-6)7(15-16-17)4-8(14)18/h6H,1-5H2,(H2,14,18). The van der Waals surface area contributed by atoms with Crippen molar-refractivity contribution in [1.29, 1.82) is 0 Å². The molecule has 2 rings (SSSR count). The van der Waals surface area contributed by atoms with Crippen molar-refractivity contribution in [1.82, 2.24) is 15.0 Å². The Balaban J connectivity index is 2.28. The molecular formula is C10H13F3N4O. The van der Waals surface area contributed by atoms with Crippen LogP contribution in [0.25, 0.3) is 0 Å². The number of alkyl halides is 3. The van der Waals surface area contributed by atoms with Gasteiger partial charge in [0.15, 0.2) is 0 Å².